The maximum atomic E-state index is 10.3. The van der Waals surface area contributed by atoms with Crippen molar-refractivity contribution in [2.75, 3.05) is 0 Å². The Kier molecular flexibility index (Phi) is 40.8. The van der Waals surface area contributed by atoms with Gasteiger partial charge in [-0.3, -0.25) is 9.59 Å². The average Bonchev–Trinajstić information content (AvgIpc) is 2.85. The van der Waals surface area contributed by atoms with E-state index in [4.69, 9.17) is 10.2 Å². The molecule has 0 radical (unpaired) electrons. The minimum Gasteiger partial charge on any atom is -0.481 e. The summed E-state index contributed by atoms with van der Waals surface area (Å²) in [5.41, 5.74) is 0. The van der Waals surface area contributed by atoms with Gasteiger partial charge in [0.25, 0.3) is 0 Å². The maximum absolute atomic E-state index is 10.3. The molecule has 214 valence electrons. The van der Waals surface area contributed by atoms with Gasteiger partial charge < -0.3 is 10.2 Å². The van der Waals surface area contributed by atoms with E-state index in [1.807, 2.05) is 0 Å². The first-order valence-electron chi connectivity index (χ1n) is 15.3. The molecule has 0 aliphatic heterocycles. The van der Waals surface area contributed by atoms with Crippen LogP contribution in [-0.2, 0) is 29.1 Å². The van der Waals surface area contributed by atoms with E-state index in [-0.39, 0.29) is 19.5 Å². The van der Waals surface area contributed by atoms with Crippen molar-refractivity contribution in [3.63, 3.8) is 0 Å². The maximum Gasteiger partial charge on any atom is 0.303 e. The molecule has 37 heavy (non-hydrogen) atoms. The van der Waals surface area contributed by atoms with Gasteiger partial charge in [0.1, 0.15) is 0 Å². The Bertz CT molecular complexity index is 471. The molecule has 0 unspecified atom stereocenters. The van der Waals surface area contributed by atoms with Gasteiger partial charge >= 0.3 is 11.9 Å². The molecule has 0 fully saturated rings. The van der Waals surface area contributed by atoms with E-state index in [1.165, 1.54) is 116 Å². The molecule has 2 N–H and O–H groups in total. The van der Waals surface area contributed by atoms with E-state index in [9.17, 15) is 9.59 Å². The summed E-state index contributed by atoms with van der Waals surface area (Å²) < 4.78 is 0. The van der Waals surface area contributed by atoms with Gasteiger partial charge in [-0.05, 0) is 51.4 Å². The van der Waals surface area contributed by atoms with Crippen LogP contribution in [0.1, 0.15) is 168 Å². The van der Waals surface area contributed by atoms with Crippen LogP contribution in [0.3, 0.4) is 0 Å². The van der Waals surface area contributed by atoms with Crippen molar-refractivity contribution < 1.29 is 39.3 Å². The van der Waals surface area contributed by atoms with Crippen molar-refractivity contribution in [2.24, 2.45) is 0 Å². The van der Waals surface area contributed by atoms with Crippen LogP contribution in [0.15, 0.2) is 24.3 Å². The molecule has 0 aliphatic rings. The SMILES string of the molecule is CCCC=CCCCCCCCCCCC(=O)O.CCCC=CCCCCCCCCCCC(=O)O.[Zn]. The van der Waals surface area contributed by atoms with Gasteiger partial charge in [-0.15, -0.1) is 0 Å². The summed E-state index contributed by atoms with van der Waals surface area (Å²) in [5, 5.41) is 17.0. The fourth-order valence-corrected chi connectivity index (χ4v) is 4.00. The summed E-state index contributed by atoms with van der Waals surface area (Å²) in [6.07, 6.45) is 36.7. The average molecular weight is 574 g/mol. The smallest absolute Gasteiger partial charge is 0.303 e. The molecule has 0 atom stereocenters. The number of rotatable bonds is 26. The number of carboxylic acid groups (broad SMARTS) is 2. The van der Waals surface area contributed by atoms with Crippen LogP contribution in [0.5, 0.6) is 0 Å². The standard InChI is InChI=1S/2C16H30O2.Zn/c2*1-2-3-4-5-6-7-8-9-10-11-12-13-14-15-16(17)18;/h2*4-5H,2-3,6-15H2,1H3,(H,17,18);. The van der Waals surface area contributed by atoms with Gasteiger partial charge in [0.15, 0.2) is 0 Å². The zero-order valence-electron chi connectivity index (χ0n) is 24.7. The van der Waals surface area contributed by atoms with Crippen molar-refractivity contribution in [3.05, 3.63) is 24.3 Å². The summed E-state index contributed by atoms with van der Waals surface area (Å²) in [6.45, 7) is 4.42. The molecule has 0 bridgehead atoms. The summed E-state index contributed by atoms with van der Waals surface area (Å²) in [4.78, 5) is 20.6. The van der Waals surface area contributed by atoms with Crippen molar-refractivity contribution in [1.29, 1.82) is 0 Å². The van der Waals surface area contributed by atoms with Crippen molar-refractivity contribution in [1.82, 2.24) is 0 Å². The third-order valence-corrected chi connectivity index (χ3v) is 6.27. The van der Waals surface area contributed by atoms with Crippen molar-refractivity contribution >= 4 is 11.9 Å². The van der Waals surface area contributed by atoms with Crippen LogP contribution in [0.4, 0.5) is 0 Å². The molecule has 0 heterocycles. The van der Waals surface area contributed by atoms with Crippen LogP contribution >= 0.6 is 0 Å². The van der Waals surface area contributed by atoms with Gasteiger partial charge in [0.05, 0.1) is 0 Å². The Balaban J connectivity index is -0.000000608. The summed E-state index contributed by atoms with van der Waals surface area (Å²) in [5.74, 6) is -1.32. The molecule has 4 nitrogen and oxygen atoms in total. The molecule has 5 heteroatoms. The predicted octanol–water partition coefficient (Wildman–Crippen LogP) is 10.7. The fraction of sp³-hybridized carbons (Fsp3) is 0.812. The van der Waals surface area contributed by atoms with Crippen LogP contribution in [0.25, 0.3) is 0 Å². The minimum atomic E-state index is -0.661. The van der Waals surface area contributed by atoms with Crippen molar-refractivity contribution in [2.45, 2.75) is 168 Å². The molecule has 0 aromatic rings. The van der Waals surface area contributed by atoms with Crippen LogP contribution in [0.2, 0.25) is 0 Å². The number of allylic oxidation sites excluding steroid dienone is 4. The van der Waals surface area contributed by atoms with Crippen molar-refractivity contribution in [3.8, 4) is 0 Å². The van der Waals surface area contributed by atoms with E-state index in [0.717, 1.165) is 25.7 Å². The topological polar surface area (TPSA) is 74.6 Å². The Hall–Kier alpha value is -0.957. The summed E-state index contributed by atoms with van der Waals surface area (Å²) in [6, 6.07) is 0. The van der Waals surface area contributed by atoms with Gasteiger partial charge in [-0.2, -0.15) is 0 Å². The number of carboxylic acids is 2. The third kappa shape index (κ3) is 45.4. The molecular weight excluding hydrogens is 514 g/mol. The molecule has 0 rings (SSSR count). The molecule has 0 aromatic heterocycles. The van der Waals surface area contributed by atoms with Gasteiger partial charge in [0.2, 0.25) is 0 Å². The number of carbonyl (C=O) groups is 2. The number of unbranched alkanes of at least 4 members (excludes halogenated alkanes) is 18. The molecule has 0 saturated heterocycles. The first kappa shape index (κ1) is 40.5. The van der Waals surface area contributed by atoms with Gasteiger partial charge in [-0.1, -0.05) is 128 Å². The van der Waals surface area contributed by atoms with Crippen LogP contribution in [-0.4, -0.2) is 22.2 Å². The van der Waals surface area contributed by atoms with E-state index in [0.29, 0.717) is 12.8 Å². The second-order valence-electron chi connectivity index (χ2n) is 10.0. The monoisotopic (exact) mass is 572 g/mol. The fourth-order valence-electron chi connectivity index (χ4n) is 4.00. The third-order valence-electron chi connectivity index (χ3n) is 6.27. The summed E-state index contributed by atoms with van der Waals surface area (Å²) in [7, 11) is 0. The van der Waals surface area contributed by atoms with Gasteiger partial charge in [-0.25, -0.2) is 0 Å². The second kappa shape index (κ2) is 37.2. The molecule has 0 saturated carbocycles. The first-order chi connectivity index (χ1) is 17.5. The zero-order chi connectivity index (χ0) is 27.0. The number of hydrogen-bond donors (Lipinski definition) is 2. The zero-order valence-corrected chi connectivity index (χ0v) is 27.7. The van der Waals surface area contributed by atoms with Gasteiger partial charge in [0, 0.05) is 32.3 Å². The first-order valence-corrected chi connectivity index (χ1v) is 15.3. The minimum absolute atomic E-state index is 0. The van der Waals surface area contributed by atoms with E-state index >= 15 is 0 Å². The largest absolute Gasteiger partial charge is 0.481 e. The molecular formula is C32H60O4Zn. The predicted molar refractivity (Wildman–Crippen MR) is 156 cm³/mol. The summed E-state index contributed by atoms with van der Waals surface area (Å²) >= 11 is 0. The molecule has 0 aromatic carbocycles. The Morgan fingerprint density at radius 3 is 0.946 bits per heavy atom. The Morgan fingerprint density at radius 1 is 0.432 bits per heavy atom. The quantitative estimate of drug-likeness (QED) is 0.0613. The number of aliphatic carboxylic acids is 2. The van der Waals surface area contributed by atoms with E-state index < -0.39 is 11.9 Å². The van der Waals surface area contributed by atoms with Crippen LogP contribution in [0, 0.1) is 0 Å². The second-order valence-corrected chi connectivity index (χ2v) is 10.0. The Labute approximate surface area is 242 Å². The normalized spacial score (nSPS) is 10.9. The van der Waals surface area contributed by atoms with Crippen LogP contribution < -0.4 is 0 Å². The molecule has 0 amide bonds. The molecule has 0 aliphatic carbocycles. The van der Waals surface area contributed by atoms with E-state index in [2.05, 4.69) is 38.2 Å². The Morgan fingerprint density at radius 2 is 0.676 bits per heavy atom. The van der Waals surface area contributed by atoms with E-state index in [1.54, 1.807) is 0 Å². The number of hydrogen-bond acceptors (Lipinski definition) is 2. The molecule has 0 spiro atoms.